The number of sulfonamides is 1. The van der Waals surface area contributed by atoms with E-state index in [0.717, 1.165) is 12.1 Å². The SMILES string of the molecule is CCS(=O)(=O)Nc1ccc(CNC)cc1. The quantitative estimate of drug-likeness (QED) is 0.795. The second-order valence-electron chi connectivity index (χ2n) is 3.23. The summed E-state index contributed by atoms with van der Waals surface area (Å²) in [6.07, 6.45) is 0. The molecule has 0 aliphatic rings. The van der Waals surface area contributed by atoms with E-state index < -0.39 is 10.0 Å². The van der Waals surface area contributed by atoms with Crippen LogP contribution in [0.15, 0.2) is 24.3 Å². The van der Waals surface area contributed by atoms with Crippen molar-refractivity contribution in [1.82, 2.24) is 5.32 Å². The first-order valence-corrected chi connectivity index (χ1v) is 6.46. The van der Waals surface area contributed by atoms with E-state index in [9.17, 15) is 8.42 Å². The highest BCUT2D eigenvalue weighted by Gasteiger charge is 2.05. The van der Waals surface area contributed by atoms with Gasteiger partial charge in [-0.2, -0.15) is 0 Å². The highest BCUT2D eigenvalue weighted by molar-refractivity contribution is 7.92. The zero-order chi connectivity index (χ0) is 11.3. The average Bonchev–Trinajstić information content (AvgIpc) is 2.21. The molecule has 2 N–H and O–H groups in total. The second-order valence-corrected chi connectivity index (χ2v) is 5.24. The number of nitrogens with one attached hydrogen (secondary N) is 2. The molecule has 84 valence electrons. The highest BCUT2D eigenvalue weighted by Crippen LogP contribution is 2.11. The maximum absolute atomic E-state index is 11.3. The van der Waals surface area contributed by atoms with Crippen molar-refractivity contribution in [2.24, 2.45) is 0 Å². The van der Waals surface area contributed by atoms with Crippen LogP contribution in [0.2, 0.25) is 0 Å². The Hall–Kier alpha value is -1.07. The van der Waals surface area contributed by atoms with Crippen molar-refractivity contribution in [2.45, 2.75) is 13.5 Å². The standard InChI is InChI=1S/C10H16N2O2S/c1-3-15(13,14)12-10-6-4-9(5-7-10)8-11-2/h4-7,11-12H,3,8H2,1-2H3. The van der Waals surface area contributed by atoms with E-state index >= 15 is 0 Å². The third-order valence-corrected chi connectivity index (χ3v) is 3.30. The molecule has 0 fully saturated rings. The highest BCUT2D eigenvalue weighted by atomic mass is 32.2. The molecule has 1 aromatic rings. The van der Waals surface area contributed by atoms with E-state index in [-0.39, 0.29) is 5.75 Å². The lowest BCUT2D eigenvalue weighted by Crippen LogP contribution is -2.14. The van der Waals surface area contributed by atoms with Crippen molar-refractivity contribution in [1.29, 1.82) is 0 Å². The fourth-order valence-corrected chi connectivity index (χ4v) is 1.79. The minimum absolute atomic E-state index is 0.0886. The molecule has 1 aromatic carbocycles. The molecule has 0 spiro atoms. The molecule has 1 rings (SSSR count). The minimum atomic E-state index is -3.16. The Morgan fingerprint density at radius 2 is 1.80 bits per heavy atom. The Labute approximate surface area is 90.8 Å². The largest absolute Gasteiger partial charge is 0.316 e. The molecule has 4 nitrogen and oxygen atoms in total. The van der Waals surface area contributed by atoms with Crippen LogP contribution in [0.25, 0.3) is 0 Å². The van der Waals surface area contributed by atoms with Crippen molar-refractivity contribution in [2.75, 3.05) is 17.5 Å². The van der Waals surface area contributed by atoms with Crippen LogP contribution in [0.3, 0.4) is 0 Å². The van der Waals surface area contributed by atoms with Gasteiger partial charge in [0.1, 0.15) is 0 Å². The van der Waals surface area contributed by atoms with E-state index in [1.165, 1.54) is 0 Å². The Kier molecular flexibility index (Phi) is 4.11. The van der Waals surface area contributed by atoms with E-state index in [1.54, 1.807) is 19.1 Å². The maximum atomic E-state index is 11.3. The van der Waals surface area contributed by atoms with E-state index in [0.29, 0.717) is 5.69 Å². The number of anilines is 1. The minimum Gasteiger partial charge on any atom is -0.316 e. The van der Waals surface area contributed by atoms with Gasteiger partial charge < -0.3 is 5.32 Å². The first-order chi connectivity index (χ1) is 7.07. The van der Waals surface area contributed by atoms with Gasteiger partial charge in [0.15, 0.2) is 0 Å². The molecule has 0 unspecified atom stereocenters. The number of hydrogen-bond donors (Lipinski definition) is 2. The molecule has 0 saturated heterocycles. The van der Waals surface area contributed by atoms with Crippen molar-refractivity contribution in [3.8, 4) is 0 Å². The van der Waals surface area contributed by atoms with Crippen LogP contribution in [0.5, 0.6) is 0 Å². The van der Waals surface area contributed by atoms with Gasteiger partial charge in [-0.3, -0.25) is 4.72 Å². The van der Waals surface area contributed by atoms with Gasteiger partial charge in [-0.05, 0) is 31.7 Å². The monoisotopic (exact) mass is 228 g/mol. The lowest BCUT2D eigenvalue weighted by atomic mass is 10.2. The summed E-state index contributed by atoms with van der Waals surface area (Å²) in [4.78, 5) is 0. The van der Waals surface area contributed by atoms with Gasteiger partial charge in [-0.1, -0.05) is 12.1 Å². The van der Waals surface area contributed by atoms with E-state index in [2.05, 4.69) is 10.0 Å². The molecule has 0 bridgehead atoms. The summed E-state index contributed by atoms with van der Waals surface area (Å²) in [6, 6.07) is 7.31. The molecule has 0 aromatic heterocycles. The molecule has 5 heteroatoms. The molecule has 0 radical (unpaired) electrons. The van der Waals surface area contributed by atoms with Crippen LogP contribution < -0.4 is 10.0 Å². The summed E-state index contributed by atoms with van der Waals surface area (Å²) < 4.78 is 25.0. The van der Waals surface area contributed by atoms with Gasteiger partial charge in [-0.15, -0.1) is 0 Å². The molecular formula is C10H16N2O2S. The Morgan fingerprint density at radius 1 is 1.20 bits per heavy atom. The lowest BCUT2D eigenvalue weighted by Gasteiger charge is -2.06. The lowest BCUT2D eigenvalue weighted by molar-refractivity contribution is 0.602. The van der Waals surface area contributed by atoms with Gasteiger partial charge in [-0.25, -0.2) is 8.42 Å². The van der Waals surface area contributed by atoms with Crippen LogP contribution in [0, 0.1) is 0 Å². The Bertz CT molecular complexity index is 398. The van der Waals surface area contributed by atoms with Gasteiger partial charge in [0, 0.05) is 12.2 Å². The molecular weight excluding hydrogens is 212 g/mol. The van der Waals surface area contributed by atoms with Gasteiger partial charge >= 0.3 is 0 Å². The van der Waals surface area contributed by atoms with Gasteiger partial charge in [0.25, 0.3) is 0 Å². The van der Waals surface area contributed by atoms with Crippen LogP contribution in [-0.4, -0.2) is 21.2 Å². The average molecular weight is 228 g/mol. The molecule has 0 saturated carbocycles. The molecule has 0 heterocycles. The number of hydrogen-bond acceptors (Lipinski definition) is 3. The fourth-order valence-electron chi connectivity index (χ4n) is 1.15. The normalized spacial score (nSPS) is 11.3. The third kappa shape index (κ3) is 3.89. The third-order valence-electron chi connectivity index (χ3n) is 1.99. The van der Waals surface area contributed by atoms with Crippen LogP contribution in [-0.2, 0) is 16.6 Å². The smallest absolute Gasteiger partial charge is 0.232 e. The first-order valence-electron chi connectivity index (χ1n) is 4.81. The number of benzene rings is 1. The first kappa shape index (κ1) is 12.0. The predicted molar refractivity (Wildman–Crippen MR) is 62.3 cm³/mol. The fraction of sp³-hybridized carbons (Fsp3) is 0.400. The molecule has 0 amide bonds. The van der Waals surface area contributed by atoms with Crippen molar-refractivity contribution >= 4 is 15.7 Å². The summed E-state index contributed by atoms with van der Waals surface area (Å²) in [6.45, 7) is 2.39. The van der Waals surface area contributed by atoms with E-state index in [4.69, 9.17) is 0 Å². The predicted octanol–water partition coefficient (Wildman–Crippen LogP) is 1.17. The summed E-state index contributed by atoms with van der Waals surface area (Å²) >= 11 is 0. The summed E-state index contributed by atoms with van der Waals surface area (Å²) in [7, 11) is -1.29. The molecule has 0 aliphatic heterocycles. The number of rotatable bonds is 5. The molecule has 15 heavy (non-hydrogen) atoms. The zero-order valence-electron chi connectivity index (χ0n) is 8.95. The van der Waals surface area contributed by atoms with Crippen LogP contribution >= 0.6 is 0 Å². The van der Waals surface area contributed by atoms with Crippen molar-refractivity contribution in [3.63, 3.8) is 0 Å². The van der Waals surface area contributed by atoms with Crippen LogP contribution in [0.1, 0.15) is 12.5 Å². The second kappa shape index (κ2) is 5.14. The Morgan fingerprint density at radius 3 is 2.27 bits per heavy atom. The topological polar surface area (TPSA) is 58.2 Å². The summed E-state index contributed by atoms with van der Waals surface area (Å²) in [5.74, 6) is 0.0886. The van der Waals surface area contributed by atoms with Crippen molar-refractivity contribution in [3.05, 3.63) is 29.8 Å². The zero-order valence-corrected chi connectivity index (χ0v) is 9.76. The maximum Gasteiger partial charge on any atom is 0.232 e. The van der Waals surface area contributed by atoms with Crippen molar-refractivity contribution < 1.29 is 8.42 Å². The van der Waals surface area contributed by atoms with E-state index in [1.807, 2.05) is 19.2 Å². The van der Waals surface area contributed by atoms with Crippen LogP contribution in [0.4, 0.5) is 5.69 Å². The van der Waals surface area contributed by atoms with Gasteiger partial charge in [0.05, 0.1) is 5.75 Å². The summed E-state index contributed by atoms with van der Waals surface area (Å²) in [5.41, 5.74) is 1.73. The van der Waals surface area contributed by atoms with Gasteiger partial charge in [0.2, 0.25) is 10.0 Å². The molecule has 0 aliphatic carbocycles. The molecule has 0 atom stereocenters. The summed E-state index contributed by atoms with van der Waals surface area (Å²) in [5, 5.41) is 3.02. The Balaban J connectivity index is 2.73.